The number of carbonyl (C=O) groups excluding carboxylic acids is 1. The Morgan fingerprint density at radius 2 is 2.15 bits per heavy atom. The molecule has 136 valence electrons. The zero-order valence-corrected chi connectivity index (χ0v) is 15.4. The molecule has 0 aliphatic rings. The second kappa shape index (κ2) is 8.95. The van der Waals surface area contributed by atoms with Crippen LogP contribution in [0.15, 0.2) is 46.0 Å². The largest absolute Gasteiger partial charge is 0.504 e. The predicted molar refractivity (Wildman–Crippen MR) is 99.5 cm³/mol. The van der Waals surface area contributed by atoms with Gasteiger partial charge in [-0.2, -0.15) is 5.10 Å². The lowest BCUT2D eigenvalue weighted by molar-refractivity contribution is -0.385. The number of halogens is 1. The number of nitro benzene ring substituents is 1. The maximum absolute atomic E-state index is 12.0. The van der Waals surface area contributed by atoms with E-state index in [1.54, 1.807) is 25.1 Å². The van der Waals surface area contributed by atoms with Crippen molar-refractivity contribution in [3.8, 4) is 11.5 Å². The summed E-state index contributed by atoms with van der Waals surface area (Å²) in [5.74, 6) is -0.337. The lowest BCUT2D eigenvalue weighted by Crippen LogP contribution is -2.20. The summed E-state index contributed by atoms with van der Waals surface area (Å²) in [6.45, 7) is 2.17. The number of aromatic hydroxyl groups is 1. The van der Waals surface area contributed by atoms with Crippen molar-refractivity contribution in [1.82, 2.24) is 5.43 Å². The number of benzene rings is 2. The van der Waals surface area contributed by atoms with Crippen LogP contribution >= 0.6 is 15.9 Å². The molecule has 2 N–H and O–H groups in total. The second-order valence-electron chi connectivity index (χ2n) is 5.13. The van der Waals surface area contributed by atoms with Gasteiger partial charge in [-0.1, -0.05) is 34.1 Å². The zero-order chi connectivity index (χ0) is 19.1. The molecule has 2 aromatic carbocycles. The molecule has 8 nitrogen and oxygen atoms in total. The van der Waals surface area contributed by atoms with Crippen LogP contribution < -0.4 is 10.2 Å². The Morgan fingerprint density at radius 1 is 1.42 bits per heavy atom. The van der Waals surface area contributed by atoms with E-state index in [-0.39, 0.29) is 29.2 Å². The van der Waals surface area contributed by atoms with E-state index < -0.39 is 10.8 Å². The summed E-state index contributed by atoms with van der Waals surface area (Å²) in [6.07, 6.45) is 1.07. The number of phenolic OH excluding ortho intramolecular Hbond substituents is 1. The third kappa shape index (κ3) is 5.03. The van der Waals surface area contributed by atoms with E-state index in [4.69, 9.17) is 4.74 Å². The van der Waals surface area contributed by atoms with E-state index in [2.05, 4.69) is 26.5 Å². The van der Waals surface area contributed by atoms with Crippen LogP contribution in [-0.2, 0) is 11.2 Å². The molecule has 0 radical (unpaired) electrons. The standard InChI is InChI=1S/C17H16BrN3O5/c1-2-26-15-9-13(18)7-12(17(15)23)10-19-20-16(22)8-11-5-3-4-6-14(11)21(24)25/h3-7,9-10,23H,2,8H2,1H3,(H,20,22)/b19-10+. The molecule has 0 saturated carbocycles. The lowest BCUT2D eigenvalue weighted by Gasteiger charge is -2.08. The number of nitro groups is 1. The van der Waals surface area contributed by atoms with Gasteiger partial charge in [0.2, 0.25) is 5.91 Å². The molecule has 1 amide bonds. The molecule has 0 atom stereocenters. The van der Waals surface area contributed by atoms with Crippen LogP contribution in [-0.4, -0.2) is 28.8 Å². The summed E-state index contributed by atoms with van der Waals surface area (Å²) in [4.78, 5) is 22.4. The number of amides is 1. The number of rotatable bonds is 7. The smallest absolute Gasteiger partial charge is 0.273 e. The van der Waals surface area contributed by atoms with Crippen molar-refractivity contribution in [2.45, 2.75) is 13.3 Å². The summed E-state index contributed by atoms with van der Waals surface area (Å²) in [5, 5.41) is 24.9. The van der Waals surface area contributed by atoms with E-state index in [9.17, 15) is 20.0 Å². The average Bonchev–Trinajstić information content (AvgIpc) is 2.59. The third-order valence-electron chi connectivity index (χ3n) is 3.30. The first kappa shape index (κ1) is 19.4. The van der Waals surface area contributed by atoms with Crippen molar-refractivity contribution in [3.63, 3.8) is 0 Å². The molecule has 26 heavy (non-hydrogen) atoms. The molecular weight excluding hydrogens is 406 g/mol. The Labute approximate surface area is 157 Å². The fourth-order valence-electron chi connectivity index (χ4n) is 2.18. The molecule has 0 heterocycles. The van der Waals surface area contributed by atoms with Crippen molar-refractivity contribution in [2.24, 2.45) is 5.10 Å². The van der Waals surface area contributed by atoms with E-state index >= 15 is 0 Å². The lowest BCUT2D eigenvalue weighted by atomic mass is 10.1. The van der Waals surface area contributed by atoms with Crippen LogP contribution in [0.1, 0.15) is 18.1 Å². The molecule has 0 aliphatic heterocycles. The molecule has 0 aromatic heterocycles. The van der Waals surface area contributed by atoms with Crippen molar-refractivity contribution in [3.05, 3.63) is 62.1 Å². The molecule has 2 aromatic rings. The monoisotopic (exact) mass is 421 g/mol. The maximum Gasteiger partial charge on any atom is 0.273 e. The highest BCUT2D eigenvalue weighted by Crippen LogP contribution is 2.32. The molecule has 0 bridgehead atoms. The maximum atomic E-state index is 12.0. The number of hydrazone groups is 1. The Balaban J connectivity index is 2.07. The van der Waals surface area contributed by atoms with E-state index in [1.165, 1.54) is 24.4 Å². The molecule has 2 rings (SSSR count). The molecular formula is C17H16BrN3O5. The topological polar surface area (TPSA) is 114 Å². The van der Waals surface area contributed by atoms with Gasteiger partial charge in [0.1, 0.15) is 0 Å². The van der Waals surface area contributed by atoms with Crippen LogP contribution in [0.4, 0.5) is 5.69 Å². The third-order valence-corrected chi connectivity index (χ3v) is 3.76. The summed E-state index contributed by atoms with van der Waals surface area (Å²) in [6, 6.07) is 9.22. The van der Waals surface area contributed by atoms with Gasteiger partial charge >= 0.3 is 0 Å². The van der Waals surface area contributed by atoms with Gasteiger partial charge < -0.3 is 9.84 Å². The Bertz CT molecular complexity index is 854. The zero-order valence-electron chi connectivity index (χ0n) is 13.8. The van der Waals surface area contributed by atoms with E-state index in [0.29, 0.717) is 16.6 Å². The predicted octanol–water partition coefficient (Wildman–Crippen LogP) is 3.15. The minimum Gasteiger partial charge on any atom is -0.504 e. The average molecular weight is 422 g/mol. The fraction of sp³-hybridized carbons (Fsp3) is 0.176. The number of carbonyl (C=O) groups is 1. The molecule has 0 spiro atoms. The normalized spacial score (nSPS) is 10.7. The fourth-order valence-corrected chi connectivity index (χ4v) is 2.64. The van der Waals surface area contributed by atoms with Crippen LogP contribution in [0.25, 0.3) is 0 Å². The van der Waals surface area contributed by atoms with Gasteiger partial charge in [0, 0.05) is 21.7 Å². The minimum atomic E-state index is -0.541. The molecule has 0 saturated heterocycles. The van der Waals surface area contributed by atoms with Crippen molar-refractivity contribution < 1.29 is 19.6 Å². The number of ether oxygens (including phenoxy) is 1. The van der Waals surface area contributed by atoms with E-state index in [1.807, 2.05) is 0 Å². The molecule has 0 aliphatic carbocycles. The van der Waals surface area contributed by atoms with Crippen molar-refractivity contribution in [2.75, 3.05) is 6.61 Å². The van der Waals surface area contributed by atoms with Crippen molar-refractivity contribution in [1.29, 1.82) is 0 Å². The Hall–Kier alpha value is -2.94. The first-order valence-electron chi connectivity index (χ1n) is 7.62. The Kier molecular flexibility index (Phi) is 6.67. The van der Waals surface area contributed by atoms with Gasteiger partial charge in [-0.25, -0.2) is 5.43 Å². The molecule has 0 unspecified atom stereocenters. The quantitative estimate of drug-likeness (QED) is 0.404. The first-order chi connectivity index (χ1) is 12.4. The van der Waals surface area contributed by atoms with Crippen LogP contribution in [0.3, 0.4) is 0 Å². The number of hydrogen-bond acceptors (Lipinski definition) is 6. The van der Waals surface area contributed by atoms with Gasteiger partial charge in [0.25, 0.3) is 5.69 Å². The Morgan fingerprint density at radius 3 is 2.85 bits per heavy atom. The second-order valence-corrected chi connectivity index (χ2v) is 6.05. The number of nitrogens with zero attached hydrogens (tertiary/aromatic N) is 2. The van der Waals surface area contributed by atoms with Gasteiger partial charge in [-0.3, -0.25) is 14.9 Å². The highest BCUT2D eigenvalue weighted by Gasteiger charge is 2.15. The van der Waals surface area contributed by atoms with Gasteiger partial charge in [-0.05, 0) is 19.1 Å². The minimum absolute atomic E-state index is 0.105. The summed E-state index contributed by atoms with van der Waals surface area (Å²) in [7, 11) is 0. The molecule has 9 heteroatoms. The summed E-state index contributed by atoms with van der Waals surface area (Å²) >= 11 is 3.30. The highest BCUT2D eigenvalue weighted by atomic mass is 79.9. The number of nitrogens with one attached hydrogen (secondary N) is 1. The van der Waals surface area contributed by atoms with Gasteiger partial charge in [0.15, 0.2) is 11.5 Å². The summed E-state index contributed by atoms with van der Waals surface area (Å²) < 4.78 is 5.98. The van der Waals surface area contributed by atoms with Crippen LogP contribution in [0.5, 0.6) is 11.5 Å². The number of para-hydroxylation sites is 1. The van der Waals surface area contributed by atoms with Crippen LogP contribution in [0, 0.1) is 10.1 Å². The van der Waals surface area contributed by atoms with Gasteiger partial charge in [-0.15, -0.1) is 0 Å². The van der Waals surface area contributed by atoms with Gasteiger partial charge in [0.05, 0.1) is 24.2 Å². The number of phenols is 1. The summed E-state index contributed by atoms with van der Waals surface area (Å²) in [5.41, 5.74) is 2.79. The first-order valence-corrected chi connectivity index (χ1v) is 8.41. The number of hydrogen-bond donors (Lipinski definition) is 2. The van der Waals surface area contributed by atoms with Crippen LogP contribution in [0.2, 0.25) is 0 Å². The molecule has 0 fully saturated rings. The highest BCUT2D eigenvalue weighted by molar-refractivity contribution is 9.10. The van der Waals surface area contributed by atoms with E-state index in [0.717, 1.165) is 0 Å². The SMILES string of the molecule is CCOc1cc(Br)cc(/C=N/NC(=O)Cc2ccccc2[N+](=O)[O-])c1O. The van der Waals surface area contributed by atoms with Crippen molar-refractivity contribution >= 4 is 33.7 Å².